The number of hydrogen-bond donors (Lipinski definition) is 3. The molecule has 1 heterocycles. The van der Waals surface area contributed by atoms with Gasteiger partial charge in [0.15, 0.2) is 0 Å². The number of carbonyl (C=O) groups excluding carboxylic acids is 1. The van der Waals surface area contributed by atoms with Gasteiger partial charge in [-0.3, -0.25) is 4.79 Å². The average Bonchev–Trinajstić information content (AvgIpc) is 2.61. The van der Waals surface area contributed by atoms with Crippen LogP contribution in [-0.2, 0) is 21.4 Å². The zero-order valence-corrected chi connectivity index (χ0v) is 15.8. The van der Waals surface area contributed by atoms with Crippen LogP contribution in [0.2, 0.25) is 0 Å². The van der Waals surface area contributed by atoms with Gasteiger partial charge in [-0.1, -0.05) is 6.92 Å². The van der Waals surface area contributed by atoms with Crippen molar-refractivity contribution in [2.45, 2.75) is 56.6 Å². The summed E-state index contributed by atoms with van der Waals surface area (Å²) in [5.74, 6) is 0.443. The van der Waals surface area contributed by atoms with Crippen LogP contribution >= 0.6 is 0 Å². The molecule has 7 nitrogen and oxygen atoms in total. The van der Waals surface area contributed by atoms with Crippen molar-refractivity contribution < 1.29 is 17.9 Å². The van der Waals surface area contributed by atoms with E-state index in [0.717, 1.165) is 19.4 Å². The number of nitrogens with one attached hydrogen (secondary N) is 3. The Hall–Kier alpha value is -1.64. The molecule has 0 aliphatic carbocycles. The fourth-order valence-electron chi connectivity index (χ4n) is 2.85. The summed E-state index contributed by atoms with van der Waals surface area (Å²) in [7, 11) is -2.13. The van der Waals surface area contributed by atoms with Gasteiger partial charge in [0.2, 0.25) is 15.9 Å². The molecule has 0 aromatic heterocycles. The highest BCUT2D eigenvalue weighted by atomic mass is 32.2. The van der Waals surface area contributed by atoms with Crippen LogP contribution in [0.5, 0.6) is 5.75 Å². The lowest BCUT2D eigenvalue weighted by Gasteiger charge is -2.30. The molecule has 1 aromatic rings. The first kappa shape index (κ1) is 19.7. The maximum atomic E-state index is 12.7. The average molecular weight is 369 g/mol. The van der Waals surface area contributed by atoms with Gasteiger partial charge in [-0.15, -0.1) is 0 Å². The topological polar surface area (TPSA) is 96.5 Å². The largest absolute Gasteiger partial charge is 0.496 e. The molecule has 0 radical (unpaired) electrons. The molecule has 1 aliphatic rings. The summed E-state index contributed by atoms with van der Waals surface area (Å²) in [4.78, 5) is 11.6. The molecule has 140 valence electrons. The van der Waals surface area contributed by atoms with Crippen molar-refractivity contribution in [2.24, 2.45) is 0 Å². The monoisotopic (exact) mass is 369 g/mol. The van der Waals surface area contributed by atoms with E-state index in [-0.39, 0.29) is 29.4 Å². The molecule has 2 atom stereocenters. The third kappa shape index (κ3) is 5.17. The van der Waals surface area contributed by atoms with Gasteiger partial charge >= 0.3 is 0 Å². The van der Waals surface area contributed by atoms with Crippen LogP contribution in [0, 0.1) is 0 Å². The minimum absolute atomic E-state index is 0.0880. The number of rotatable bonds is 7. The molecule has 0 spiro atoms. The summed E-state index contributed by atoms with van der Waals surface area (Å²) in [6.45, 7) is 4.87. The second-order valence-electron chi connectivity index (χ2n) is 6.22. The van der Waals surface area contributed by atoms with Crippen molar-refractivity contribution in [3.05, 3.63) is 23.8 Å². The molecule has 25 heavy (non-hydrogen) atoms. The summed E-state index contributed by atoms with van der Waals surface area (Å²) in [5, 5.41) is 6.03. The molecule has 3 N–H and O–H groups in total. The summed E-state index contributed by atoms with van der Waals surface area (Å²) < 4.78 is 33.5. The molecular weight excluding hydrogens is 342 g/mol. The molecule has 0 bridgehead atoms. The van der Waals surface area contributed by atoms with Crippen LogP contribution in [0.25, 0.3) is 0 Å². The number of methoxy groups -OCH3 is 1. The van der Waals surface area contributed by atoms with Gasteiger partial charge in [-0.2, -0.15) is 0 Å². The van der Waals surface area contributed by atoms with E-state index in [1.54, 1.807) is 19.1 Å². The first-order valence-electron chi connectivity index (χ1n) is 8.56. The van der Waals surface area contributed by atoms with E-state index in [1.165, 1.54) is 13.2 Å². The number of ether oxygens (including phenoxy) is 1. The number of carbonyl (C=O) groups is 1. The van der Waals surface area contributed by atoms with Gasteiger partial charge in [-0.25, -0.2) is 13.1 Å². The molecular formula is C17H27N3O4S. The molecule has 0 saturated carbocycles. The first-order chi connectivity index (χ1) is 11.9. The summed E-state index contributed by atoms with van der Waals surface area (Å²) >= 11 is 0. The first-order valence-corrected chi connectivity index (χ1v) is 10.0. The zero-order valence-electron chi connectivity index (χ0n) is 15.0. The zero-order chi connectivity index (χ0) is 18.4. The Morgan fingerprint density at radius 3 is 2.80 bits per heavy atom. The second-order valence-corrected chi connectivity index (χ2v) is 7.93. The number of benzene rings is 1. The molecule has 1 fully saturated rings. The van der Waals surface area contributed by atoms with E-state index < -0.39 is 10.0 Å². The molecule has 1 saturated heterocycles. The van der Waals surface area contributed by atoms with E-state index in [9.17, 15) is 13.2 Å². The van der Waals surface area contributed by atoms with E-state index >= 15 is 0 Å². The van der Waals surface area contributed by atoms with Crippen LogP contribution in [0.4, 0.5) is 0 Å². The quantitative estimate of drug-likeness (QED) is 0.670. The van der Waals surface area contributed by atoms with Crippen LogP contribution < -0.4 is 20.1 Å². The predicted molar refractivity (Wildman–Crippen MR) is 95.9 cm³/mol. The van der Waals surface area contributed by atoms with Crippen LogP contribution in [0.3, 0.4) is 0 Å². The maximum Gasteiger partial charge on any atom is 0.240 e. The van der Waals surface area contributed by atoms with Crippen molar-refractivity contribution in [3.8, 4) is 5.75 Å². The van der Waals surface area contributed by atoms with Gasteiger partial charge in [0.1, 0.15) is 5.75 Å². The summed E-state index contributed by atoms with van der Waals surface area (Å²) in [6.07, 6.45) is 2.12. The number of piperidine rings is 1. The lowest BCUT2D eigenvalue weighted by molar-refractivity contribution is -0.120. The Bertz CT molecular complexity index is 706. The molecule has 1 aromatic carbocycles. The predicted octanol–water partition coefficient (Wildman–Crippen LogP) is 1.14. The number of amides is 1. The Kier molecular flexibility index (Phi) is 6.80. The summed E-state index contributed by atoms with van der Waals surface area (Å²) in [6, 6.07) is 4.64. The fraction of sp³-hybridized carbons (Fsp3) is 0.588. The summed E-state index contributed by atoms with van der Waals surface area (Å²) in [5.41, 5.74) is 0.627. The number of hydrogen-bond acceptors (Lipinski definition) is 5. The van der Waals surface area contributed by atoms with Gasteiger partial charge in [0, 0.05) is 30.6 Å². The highest BCUT2D eigenvalue weighted by Gasteiger charge is 2.27. The van der Waals surface area contributed by atoms with Crippen molar-refractivity contribution >= 4 is 15.9 Å². The minimum atomic E-state index is -3.64. The van der Waals surface area contributed by atoms with E-state index in [4.69, 9.17) is 4.74 Å². The second kappa shape index (κ2) is 8.64. The van der Waals surface area contributed by atoms with Crippen LogP contribution in [0.1, 0.15) is 38.7 Å². The van der Waals surface area contributed by atoms with Crippen LogP contribution in [0.15, 0.2) is 23.1 Å². The molecule has 1 amide bonds. The highest BCUT2D eigenvalue weighted by molar-refractivity contribution is 7.89. The van der Waals surface area contributed by atoms with E-state index in [1.807, 2.05) is 6.92 Å². The van der Waals surface area contributed by atoms with Gasteiger partial charge in [0.25, 0.3) is 0 Å². The molecule has 1 aliphatic heterocycles. The lowest BCUT2D eigenvalue weighted by atomic mass is 10.0. The van der Waals surface area contributed by atoms with Crippen molar-refractivity contribution in [3.63, 3.8) is 0 Å². The van der Waals surface area contributed by atoms with E-state index in [2.05, 4.69) is 15.4 Å². The Morgan fingerprint density at radius 1 is 1.40 bits per heavy atom. The Balaban J connectivity index is 2.20. The standard InChI is InChI=1S/C17H27N3O4S/c1-4-17(21)19-11-13-10-14(7-8-16(13)24-3)25(22,23)20-15-6-5-9-18-12(15)2/h7-8,10,12,15,18,20H,4-6,9,11H2,1-3H3,(H,19,21). The third-order valence-corrected chi connectivity index (χ3v) is 5.92. The highest BCUT2D eigenvalue weighted by Crippen LogP contribution is 2.23. The maximum absolute atomic E-state index is 12.7. The Morgan fingerprint density at radius 2 is 2.16 bits per heavy atom. The smallest absolute Gasteiger partial charge is 0.240 e. The van der Waals surface area contributed by atoms with Crippen LogP contribution in [-0.4, -0.2) is 40.1 Å². The normalized spacial score (nSPS) is 20.9. The third-order valence-electron chi connectivity index (χ3n) is 4.43. The molecule has 8 heteroatoms. The van der Waals surface area contributed by atoms with Crippen molar-refractivity contribution in [1.29, 1.82) is 0 Å². The fourth-order valence-corrected chi connectivity index (χ4v) is 4.25. The lowest BCUT2D eigenvalue weighted by Crippen LogP contribution is -2.51. The van der Waals surface area contributed by atoms with E-state index in [0.29, 0.717) is 17.7 Å². The Labute approximate surface area is 149 Å². The van der Waals surface area contributed by atoms with Gasteiger partial charge in [0.05, 0.1) is 12.0 Å². The molecule has 2 rings (SSSR count). The van der Waals surface area contributed by atoms with Gasteiger partial charge in [-0.05, 0) is 44.5 Å². The van der Waals surface area contributed by atoms with Crippen molar-refractivity contribution in [2.75, 3.05) is 13.7 Å². The molecule has 2 unspecified atom stereocenters. The number of sulfonamides is 1. The minimum Gasteiger partial charge on any atom is -0.496 e. The van der Waals surface area contributed by atoms with Crippen molar-refractivity contribution in [1.82, 2.24) is 15.4 Å². The van der Waals surface area contributed by atoms with Gasteiger partial charge < -0.3 is 15.4 Å². The SMILES string of the molecule is CCC(=O)NCc1cc(S(=O)(=O)NC2CCCNC2C)ccc1OC.